The molecule has 0 amide bonds. The second-order valence-corrected chi connectivity index (χ2v) is 4.71. The third-order valence-corrected chi connectivity index (χ3v) is 3.38. The van der Waals surface area contributed by atoms with Gasteiger partial charge >= 0.3 is 0 Å². The van der Waals surface area contributed by atoms with Gasteiger partial charge in [0.25, 0.3) is 0 Å². The van der Waals surface area contributed by atoms with Gasteiger partial charge in [-0.1, -0.05) is 0 Å². The SMILES string of the molecule is Cl.Cl.NCCOCCN1CCN(c2ccc(F)cc2)CC1. The molecule has 0 aliphatic carbocycles. The van der Waals surface area contributed by atoms with Crippen LogP contribution in [0.4, 0.5) is 10.1 Å². The minimum absolute atomic E-state index is 0. The third-order valence-electron chi connectivity index (χ3n) is 3.38. The highest BCUT2D eigenvalue weighted by Crippen LogP contribution is 2.16. The van der Waals surface area contributed by atoms with E-state index in [2.05, 4.69) is 9.80 Å². The quantitative estimate of drug-likeness (QED) is 0.802. The lowest BCUT2D eigenvalue weighted by molar-refractivity contribution is 0.107. The van der Waals surface area contributed by atoms with Crippen molar-refractivity contribution in [1.82, 2.24) is 4.90 Å². The lowest BCUT2D eigenvalue weighted by Crippen LogP contribution is -2.47. The van der Waals surface area contributed by atoms with Gasteiger partial charge in [0.05, 0.1) is 13.2 Å². The first kappa shape index (κ1) is 20.4. The standard InChI is InChI=1S/C14H22FN3O.2ClH/c15-13-1-3-14(4-2-13)18-8-6-17(7-9-18)10-12-19-11-5-16;;/h1-4H,5-12,16H2;2*1H. The Labute approximate surface area is 138 Å². The minimum Gasteiger partial charge on any atom is -0.379 e. The molecule has 1 aromatic rings. The summed E-state index contributed by atoms with van der Waals surface area (Å²) in [4.78, 5) is 4.67. The van der Waals surface area contributed by atoms with Crippen molar-refractivity contribution in [2.75, 3.05) is 57.4 Å². The Hall–Kier alpha value is -0.590. The van der Waals surface area contributed by atoms with Crippen LogP contribution in [-0.4, -0.2) is 57.4 Å². The number of hydrogen-bond donors (Lipinski definition) is 1. The van der Waals surface area contributed by atoms with Crippen LogP contribution in [0.1, 0.15) is 0 Å². The van der Waals surface area contributed by atoms with Crippen molar-refractivity contribution in [3.8, 4) is 0 Å². The fraction of sp³-hybridized carbons (Fsp3) is 0.571. The zero-order valence-corrected chi connectivity index (χ0v) is 13.7. The van der Waals surface area contributed by atoms with E-state index < -0.39 is 0 Å². The number of nitrogens with two attached hydrogens (primary N) is 1. The van der Waals surface area contributed by atoms with E-state index in [0.29, 0.717) is 13.2 Å². The van der Waals surface area contributed by atoms with Crippen molar-refractivity contribution in [2.24, 2.45) is 5.73 Å². The monoisotopic (exact) mass is 339 g/mol. The van der Waals surface area contributed by atoms with Crippen LogP contribution in [0.2, 0.25) is 0 Å². The molecule has 0 spiro atoms. The maximum atomic E-state index is 12.9. The van der Waals surface area contributed by atoms with Crippen molar-refractivity contribution in [2.45, 2.75) is 0 Å². The lowest BCUT2D eigenvalue weighted by Gasteiger charge is -2.36. The van der Waals surface area contributed by atoms with Crippen molar-refractivity contribution >= 4 is 30.5 Å². The molecule has 21 heavy (non-hydrogen) atoms. The number of anilines is 1. The van der Waals surface area contributed by atoms with Crippen LogP contribution in [0.15, 0.2) is 24.3 Å². The Bertz CT molecular complexity index is 373. The first-order valence-electron chi connectivity index (χ1n) is 6.80. The molecule has 1 fully saturated rings. The van der Waals surface area contributed by atoms with E-state index in [4.69, 9.17) is 10.5 Å². The lowest BCUT2D eigenvalue weighted by atomic mass is 10.2. The summed E-state index contributed by atoms with van der Waals surface area (Å²) in [6, 6.07) is 6.72. The molecule has 0 atom stereocenters. The van der Waals surface area contributed by atoms with E-state index in [1.807, 2.05) is 12.1 Å². The normalized spacial score (nSPS) is 15.2. The van der Waals surface area contributed by atoms with Crippen LogP contribution in [0, 0.1) is 5.82 Å². The van der Waals surface area contributed by atoms with E-state index in [-0.39, 0.29) is 30.6 Å². The maximum absolute atomic E-state index is 12.9. The van der Waals surface area contributed by atoms with Gasteiger partial charge in [-0.15, -0.1) is 24.8 Å². The number of ether oxygens (including phenoxy) is 1. The van der Waals surface area contributed by atoms with Crippen molar-refractivity contribution in [3.05, 3.63) is 30.1 Å². The largest absolute Gasteiger partial charge is 0.379 e. The second kappa shape index (κ2) is 11.0. The van der Waals surface area contributed by atoms with Crippen LogP contribution in [0.25, 0.3) is 0 Å². The van der Waals surface area contributed by atoms with E-state index in [1.165, 1.54) is 12.1 Å². The number of halogens is 3. The molecule has 0 saturated carbocycles. The first-order chi connectivity index (χ1) is 9.29. The molecule has 7 heteroatoms. The summed E-state index contributed by atoms with van der Waals surface area (Å²) in [5.41, 5.74) is 6.47. The van der Waals surface area contributed by atoms with Crippen molar-refractivity contribution in [1.29, 1.82) is 0 Å². The first-order valence-corrected chi connectivity index (χ1v) is 6.80. The zero-order valence-electron chi connectivity index (χ0n) is 12.0. The molecule has 122 valence electrons. The molecule has 1 aromatic carbocycles. The smallest absolute Gasteiger partial charge is 0.123 e. The van der Waals surface area contributed by atoms with Gasteiger partial charge < -0.3 is 15.4 Å². The van der Waals surface area contributed by atoms with Crippen LogP contribution in [-0.2, 0) is 4.74 Å². The predicted octanol–water partition coefficient (Wildman–Crippen LogP) is 1.77. The van der Waals surface area contributed by atoms with Crippen LogP contribution in [0.5, 0.6) is 0 Å². The molecule has 0 radical (unpaired) electrons. The van der Waals surface area contributed by atoms with E-state index in [1.54, 1.807) is 0 Å². The maximum Gasteiger partial charge on any atom is 0.123 e. The molecular weight excluding hydrogens is 316 g/mol. The third kappa shape index (κ3) is 6.80. The summed E-state index contributed by atoms with van der Waals surface area (Å²) in [7, 11) is 0. The van der Waals surface area contributed by atoms with E-state index >= 15 is 0 Å². The number of nitrogens with zero attached hydrogens (tertiary/aromatic N) is 2. The molecule has 0 aromatic heterocycles. The Kier molecular flexibility index (Phi) is 10.7. The predicted molar refractivity (Wildman–Crippen MR) is 89.4 cm³/mol. The summed E-state index contributed by atoms with van der Waals surface area (Å²) in [6.07, 6.45) is 0. The van der Waals surface area contributed by atoms with Gasteiger partial charge in [0.1, 0.15) is 5.82 Å². The van der Waals surface area contributed by atoms with Crippen LogP contribution in [0.3, 0.4) is 0 Å². The molecule has 1 heterocycles. The molecule has 2 rings (SSSR count). The van der Waals surface area contributed by atoms with E-state index in [9.17, 15) is 4.39 Å². The van der Waals surface area contributed by atoms with Gasteiger partial charge in [-0.2, -0.15) is 0 Å². The molecule has 1 saturated heterocycles. The van der Waals surface area contributed by atoms with Gasteiger partial charge in [0.15, 0.2) is 0 Å². The topological polar surface area (TPSA) is 41.7 Å². The summed E-state index contributed by atoms with van der Waals surface area (Å²) < 4.78 is 18.3. The van der Waals surface area contributed by atoms with Crippen LogP contribution < -0.4 is 10.6 Å². The number of hydrogen-bond acceptors (Lipinski definition) is 4. The van der Waals surface area contributed by atoms with Gasteiger partial charge in [-0.25, -0.2) is 4.39 Å². The zero-order chi connectivity index (χ0) is 13.5. The summed E-state index contributed by atoms with van der Waals surface area (Å²) in [6.45, 7) is 6.90. The average Bonchev–Trinajstić information content (AvgIpc) is 2.45. The second-order valence-electron chi connectivity index (χ2n) is 4.71. The number of benzene rings is 1. The van der Waals surface area contributed by atoms with Gasteiger partial charge in [0, 0.05) is 45.0 Å². The Morgan fingerprint density at radius 3 is 2.19 bits per heavy atom. The highest BCUT2D eigenvalue weighted by molar-refractivity contribution is 5.85. The summed E-state index contributed by atoms with van der Waals surface area (Å²) in [5.74, 6) is -0.181. The average molecular weight is 340 g/mol. The Morgan fingerprint density at radius 2 is 1.62 bits per heavy atom. The van der Waals surface area contributed by atoms with Gasteiger partial charge in [-0.05, 0) is 24.3 Å². The highest BCUT2D eigenvalue weighted by Gasteiger charge is 2.16. The molecule has 2 N–H and O–H groups in total. The molecule has 4 nitrogen and oxygen atoms in total. The summed E-state index contributed by atoms with van der Waals surface area (Å²) in [5, 5.41) is 0. The number of rotatable bonds is 6. The fourth-order valence-electron chi connectivity index (χ4n) is 2.26. The molecule has 1 aliphatic heterocycles. The Morgan fingerprint density at radius 1 is 1.00 bits per heavy atom. The van der Waals surface area contributed by atoms with Crippen molar-refractivity contribution in [3.63, 3.8) is 0 Å². The molecule has 1 aliphatic rings. The van der Waals surface area contributed by atoms with Crippen LogP contribution >= 0.6 is 24.8 Å². The van der Waals surface area contributed by atoms with E-state index in [0.717, 1.165) is 45.0 Å². The Balaban J connectivity index is 0.00000200. The van der Waals surface area contributed by atoms with Crippen molar-refractivity contribution < 1.29 is 9.13 Å². The minimum atomic E-state index is -0.181. The van der Waals surface area contributed by atoms with Gasteiger partial charge in [-0.3, -0.25) is 4.90 Å². The van der Waals surface area contributed by atoms with Gasteiger partial charge in [0.2, 0.25) is 0 Å². The summed E-state index contributed by atoms with van der Waals surface area (Å²) >= 11 is 0. The molecular formula is C14H24Cl2FN3O. The molecule has 0 bridgehead atoms. The number of piperazine rings is 1. The highest BCUT2D eigenvalue weighted by atomic mass is 35.5. The fourth-order valence-corrected chi connectivity index (χ4v) is 2.26. The molecule has 0 unspecified atom stereocenters.